The van der Waals surface area contributed by atoms with Crippen LogP contribution < -0.4 is 0 Å². The molecule has 1 aliphatic heterocycles. The highest BCUT2D eigenvalue weighted by molar-refractivity contribution is 5.93. The zero-order valence-electron chi connectivity index (χ0n) is 15.0. The van der Waals surface area contributed by atoms with Crippen LogP contribution >= 0.6 is 0 Å². The number of carbonyl (C=O) groups is 2. The third-order valence-corrected chi connectivity index (χ3v) is 4.44. The average molecular weight is 399 g/mol. The summed E-state index contributed by atoms with van der Waals surface area (Å²) >= 11 is 0. The van der Waals surface area contributed by atoms with Crippen LogP contribution in [-0.4, -0.2) is 72.0 Å². The van der Waals surface area contributed by atoms with E-state index in [1.165, 1.54) is 24.9 Å². The van der Waals surface area contributed by atoms with Crippen molar-refractivity contribution in [1.29, 1.82) is 0 Å². The van der Waals surface area contributed by atoms with Gasteiger partial charge in [-0.3, -0.25) is 14.5 Å². The van der Waals surface area contributed by atoms with E-state index in [1.54, 1.807) is 21.9 Å². The maximum absolute atomic E-state index is 12.9. The van der Waals surface area contributed by atoms with Crippen molar-refractivity contribution in [2.45, 2.75) is 12.7 Å². The molecule has 0 N–H and O–H groups in total. The zero-order chi connectivity index (χ0) is 20.1. The molecule has 2 aromatic heterocycles. The first-order valence-electron chi connectivity index (χ1n) is 8.72. The molecule has 0 bridgehead atoms. The summed E-state index contributed by atoms with van der Waals surface area (Å²) in [6, 6.07) is 4.65. The second-order valence-corrected chi connectivity index (χ2v) is 6.52. The first-order valence-corrected chi connectivity index (χ1v) is 8.72. The molecule has 1 aliphatic rings. The number of halogens is 3. The molecule has 0 aromatic carbocycles. The Morgan fingerprint density at radius 2 is 1.86 bits per heavy atom. The zero-order valence-corrected chi connectivity index (χ0v) is 15.0. The van der Waals surface area contributed by atoms with Crippen molar-refractivity contribution < 1.29 is 31.6 Å². The molecule has 1 fully saturated rings. The Morgan fingerprint density at radius 3 is 2.43 bits per heavy atom. The number of nitrogens with zero attached hydrogens (tertiary/aromatic N) is 3. The van der Waals surface area contributed by atoms with Crippen LogP contribution in [0.4, 0.5) is 13.2 Å². The van der Waals surface area contributed by atoms with E-state index in [4.69, 9.17) is 8.83 Å². The molecule has 0 aliphatic carbocycles. The van der Waals surface area contributed by atoms with Gasteiger partial charge in [0.25, 0.3) is 5.91 Å². The van der Waals surface area contributed by atoms with Gasteiger partial charge in [0.1, 0.15) is 18.6 Å². The van der Waals surface area contributed by atoms with Crippen molar-refractivity contribution in [1.82, 2.24) is 14.7 Å². The molecule has 3 heterocycles. The SMILES string of the molecule is O=C(CN1CCN(C(=O)c2ccoc2)CC1)N(Cc1ccco1)CC(F)(F)F. The van der Waals surface area contributed by atoms with Gasteiger partial charge in [0, 0.05) is 26.2 Å². The monoisotopic (exact) mass is 399 g/mol. The summed E-state index contributed by atoms with van der Waals surface area (Å²) in [5.74, 6) is -0.521. The minimum atomic E-state index is -4.50. The van der Waals surface area contributed by atoms with Gasteiger partial charge in [0.15, 0.2) is 0 Å². The Morgan fingerprint density at radius 1 is 1.11 bits per heavy atom. The quantitative estimate of drug-likeness (QED) is 0.745. The Hall–Kier alpha value is -2.75. The van der Waals surface area contributed by atoms with Gasteiger partial charge in [0.2, 0.25) is 5.91 Å². The Kier molecular flexibility index (Phi) is 6.08. The molecule has 0 radical (unpaired) electrons. The summed E-state index contributed by atoms with van der Waals surface area (Å²) < 4.78 is 48.5. The molecule has 0 unspecified atom stereocenters. The van der Waals surface area contributed by atoms with E-state index in [0.717, 1.165) is 4.90 Å². The molecule has 2 aromatic rings. The number of hydrogen-bond acceptors (Lipinski definition) is 5. The number of alkyl halides is 3. The summed E-state index contributed by atoms with van der Waals surface area (Å²) in [6.07, 6.45) is -0.377. The summed E-state index contributed by atoms with van der Waals surface area (Å²) in [6.45, 7) is -0.171. The van der Waals surface area contributed by atoms with Gasteiger partial charge in [-0.2, -0.15) is 13.2 Å². The lowest BCUT2D eigenvalue weighted by molar-refractivity contribution is -0.163. The van der Waals surface area contributed by atoms with Crippen LogP contribution in [0, 0.1) is 0 Å². The molecule has 1 saturated heterocycles. The lowest BCUT2D eigenvalue weighted by Gasteiger charge is -2.35. The maximum atomic E-state index is 12.9. The average Bonchev–Trinajstić information content (AvgIpc) is 3.34. The molecule has 0 saturated carbocycles. The molecule has 28 heavy (non-hydrogen) atoms. The number of carbonyl (C=O) groups excluding carboxylic acids is 2. The van der Waals surface area contributed by atoms with Gasteiger partial charge in [-0.1, -0.05) is 0 Å². The Balaban J connectivity index is 1.54. The van der Waals surface area contributed by atoms with E-state index in [9.17, 15) is 22.8 Å². The topological polar surface area (TPSA) is 70.1 Å². The van der Waals surface area contributed by atoms with Crippen LogP contribution in [-0.2, 0) is 11.3 Å². The van der Waals surface area contributed by atoms with Crippen LogP contribution in [0.15, 0.2) is 45.8 Å². The van der Waals surface area contributed by atoms with Crippen molar-refractivity contribution in [2.75, 3.05) is 39.3 Å². The van der Waals surface area contributed by atoms with Crippen molar-refractivity contribution in [3.8, 4) is 0 Å². The number of piperazine rings is 1. The summed E-state index contributed by atoms with van der Waals surface area (Å²) in [4.78, 5) is 28.8. The standard InChI is InChI=1S/C18H20F3N3O4/c19-18(20,21)13-24(10-15-2-1-8-28-15)16(25)11-22-4-6-23(7-5-22)17(26)14-3-9-27-12-14/h1-3,8-9,12H,4-7,10-11,13H2. The minimum Gasteiger partial charge on any atom is -0.472 e. The highest BCUT2D eigenvalue weighted by Gasteiger charge is 2.34. The lowest BCUT2D eigenvalue weighted by Crippen LogP contribution is -2.52. The molecule has 2 amide bonds. The predicted molar refractivity (Wildman–Crippen MR) is 91.2 cm³/mol. The molecule has 152 valence electrons. The maximum Gasteiger partial charge on any atom is 0.406 e. The fourth-order valence-corrected chi connectivity index (χ4v) is 3.01. The van der Waals surface area contributed by atoms with E-state index in [1.807, 2.05) is 0 Å². The van der Waals surface area contributed by atoms with Crippen molar-refractivity contribution in [3.63, 3.8) is 0 Å². The largest absolute Gasteiger partial charge is 0.472 e. The predicted octanol–water partition coefficient (Wildman–Crippen LogP) is 2.22. The number of amides is 2. The lowest BCUT2D eigenvalue weighted by atomic mass is 10.2. The van der Waals surface area contributed by atoms with Gasteiger partial charge in [-0.25, -0.2) is 0 Å². The van der Waals surface area contributed by atoms with Crippen molar-refractivity contribution in [3.05, 3.63) is 48.3 Å². The fourth-order valence-electron chi connectivity index (χ4n) is 3.01. The normalized spacial score (nSPS) is 15.6. The summed E-state index contributed by atoms with van der Waals surface area (Å²) in [5.41, 5.74) is 0.444. The number of furan rings is 2. The van der Waals surface area contributed by atoms with Gasteiger partial charge < -0.3 is 18.6 Å². The smallest absolute Gasteiger partial charge is 0.406 e. The van der Waals surface area contributed by atoms with Gasteiger partial charge >= 0.3 is 6.18 Å². The number of hydrogen-bond donors (Lipinski definition) is 0. The third-order valence-electron chi connectivity index (χ3n) is 4.44. The van der Waals surface area contributed by atoms with Crippen LogP contribution in [0.3, 0.4) is 0 Å². The number of rotatable bonds is 6. The molecular weight excluding hydrogens is 379 g/mol. The summed E-state index contributed by atoms with van der Waals surface area (Å²) in [5, 5.41) is 0. The molecular formula is C18H20F3N3O4. The third kappa shape index (κ3) is 5.38. The van der Waals surface area contributed by atoms with Crippen LogP contribution in [0.5, 0.6) is 0 Å². The van der Waals surface area contributed by atoms with Gasteiger partial charge in [-0.15, -0.1) is 0 Å². The Bertz CT molecular complexity index is 767. The highest BCUT2D eigenvalue weighted by Crippen LogP contribution is 2.19. The molecule has 10 heteroatoms. The van der Waals surface area contributed by atoms with Crippen LogP contribution in [0.1, 0.15) is 16.1 Å². The first-order chi connectivity index (χ1) is 13.3. The van der Waals surface area contributed by atoms with Gasteiger partial charge in [-0.05, 0) is 18.2 Å². The fraction of sp³-hybridized carbons (Fsp3) is 0.444. The van der Waals surface area contributed by atoms with Crippen molar-refractivity contribution >= 4 is 11.8 Å². The van der Waals surface area contributed by atoms with E-state index in [0.29, 0.717) is 31.7 Å². The summed E-state index contributed by atoms with van der Waals surface area (Å²) in [7, 11) is 0. The second kappa shape index (κ2) is 8.51. The molecule has 0 atom stereocenters. The molecule has 3 rings (SSSR count). The van der Waals surface area contributed by atoms with Crippen molar-refractivity contribution in [2.24, 2.45) is 0 Å². The van der Waals surface area contributed by atoms with Crippen LogP contribution in [0.25, 0.3) is 0 Å². The minimum absolute atomic E-state index is 0.148. The van der Waals surface area contributed by atoms with Crippen LogP contribution in [0.2, 0.25) is 0 Å². The Labute approximate surface area is 159 Å². The van der Waals surface area contributed by atoms with Gasteiger partial charge in [0.05, 0.1) is 31.2 Å². The molecule has 7 nitrogen and oxygen atoms in total. The molecule has 0 spiro atoms. The first kappa shape index (κ1) is 20.0. The van der Waals surface area contributed by atoms with E-state index in [-0.39, 0.29) is 24.8 Å². The second-order valence-electron chi connectivity index (χ2n) is 6.52. The van der Waals surface area contributed by atoms with E-state index < -0.39 is 18.6 Å². The van der Waals surface area contributed by atoms with E-state index >= 15 is 0 Å². The van der Waals surface area contributed by atoms with E-state index in [2.05, 4.69) is 0 Å². The highest BCUT2D eigenvalue weighted by atomic mass is 19.4.